The fourth-order valence-corrected chi connectivity index (χ4v) is 5.15. The summed E-state index contributed by atoms with van der Waals surface area (Å²) >= 11 is 6.19. The molecule has 1 fully saturated rings. The maximum Gasteiger partial charge on any atom is 0.401 e. The highest BCUT2D eigenvalue weighted by molar-refractivity contribution is 6.32. The quantitative estimate of drug-likeness (QED) is 0.335. The van der Waals surface area contributed by atoms with Crippen LogP contribution in [0.4, 0.5) is 28.9 Å². The van der Waals surface area contributed by atoms with Gasteiger partial charge in [-0.3, -0.25) is 14.7 Å². The number of carbonyl (C=O) groups is 1. The molecule has 9 nitrogen and oxygen atoms in total. The maximum absolute atomic E-state index is 14.3. The highest BCUT2D eigenvalue weighted by atomic mass is 35.5. The summed E-state index contributed by atoms with van der Waals surface area (Å²) in [6, 6.07) is 3.98. The molecule has 14 heteroatoms. The van der Waals surface area contributed by atoms with Crippen LogP contribution in [0.15, 0.2) is 30.6 Å². The highest BCUT2D eigenvalue weighted by Crippen LogP contribution is 2.43. The van der Waals surface area contributed by atoms with Crippen molar-refractivity contribution < 1.29 is 36.6 Å². The molecule has 1 unspecified atom stereocenters. The van der Waals surface area contributed by atoms with Gasteiger partial charge < -0.3 is 29.8 Å². The summed E-state index contributed by atoms with van der Waals surface area (Å²) < 4.78 is 69.9. The number of anilines is 2. The first-order valence-corrected chi connectivity index (χ1v) is 12.8. The Balaban J connectivity index is 1.47. The maximum atomic E-state index is 14.3. The number of morpholine rings is 1. The number of halogens is 5. The standard InChI is InChI=1S/C26H26ClF4N5O4/c1-38-24-17(27)8-14(28)9-19(24)35-23-21-18(3-5-33-25(21)37)34-22(23)16-2-4-32-10-20(16)40-12-15-11-36(6-7-39-15)13-26(29,30)31/h2,4,8-10,15,34-35H,3,5-7,11-13H2,1H3,(H,33,37). The van der Waals surface area contributed by atoms with Crippen LogP contribution in [0.5, 0.6) is 11.5 Å². The van der Waals surface area contributed by atoms with E-state index >= 15 is 0 Å². The summed E-state index contributed by atoms with van der Waals surface area (Å²) in [6.07, 6.45) is -1.38. The van der Waals surface area contributed by atoms with E-state index < -0.39 is 24.6 Å². The minimum atomic E-state index is -4.31. The number of nitrogens with zero attached hydrogens (tertiary/aromatic N) is 2. The van der Waals surface area contributed by atoms with Crippen molar-refractivity contribution in [1.29, 1.82) is 0 Å². The first-order chi connectivity index (χ1) is 19.1. The Morgan fingerprint density at radius 2 is 2.15 bits per heavy atom. The largest absolute Gasteiger partial charge is 0.493 e. The van der Waals surface area contributed by atoms with Crippen molar-refractivity contribution in [2.45, 2.75) is 18.7 Å². The number of methoxy groups -OCH3 is 1. The van der Waals surface area contributed by atoms with Crippen molar-refractivity contribution in [2.24, 2.45) is 0 Å². The van der Waals surface area contributed by atoms with Crippen LogP contribution in [0.3, 0.4) is 0 Å². The number of hydrogen-bond acceptors (Lipinski definition) is 7. The number of pyridine rings is 1. The molecular formula is C26H26ClF4N5O4. The second-order valence-corrected chi connectivity index (χ2v) is 9.76. The number of fused-ring (bicyclic) bond motifs is 1. The number of hydrogen-bond donors (Lipinski definition) is 3. The van der Waals surface area contributed by atoms with Gasteiger partial charge in [0.2, 0.25) is 0 Å². The molecule has 1 aromatic carbocycles. The van der Waals surface area contributed by atoms with E-state index in [1.807, 2.05) is 0 Å². The fraction of sp³-hybridized carbons (Fsp3) is 0.385. The van der Waals surface area contributed by atoms with Crippen LogP contribution in [0.25, 0.3) is 11.3 Å². The predicted octanol–water partition coefficient (Wildman–Crippen LogP) is 4.55. The molecule has 3 aromatic rings. The number of amides is 1. The number of H-pyrrole nitrogens is 1. The van der Waals surface area contributed by atoms with Gasteiger partial charge >= 0.3 is 6.18 Å². The fourth-order valence-electron chi connectivity index (χ4n) is 4.86. The van der Waals surface area contributed by atoms with E-state index in [9.17, 15) is 22.4 Å². The minimum absolute atomic E-state index is 0.0238. The average Bonchev–Trinajstić information content (AvgIpc) is 3.26. The van der Waals surface area contributed by atoms with Gasteiger partial charge in [0, 0.05) is 49.6 Å². The van der Waals surface area contributed by atoms with Gasteiger partial charge in [-0.1, -0.05) is 11.6 Å². The van der Waals surface area contributed by atoms with E-state index in [0.29, 0.717) is 46.9 Å². The first kappa shape index (κ1) is 28.0. The predicted molar refractivity (Wildman–Crippen MR) is 139 cm³/mol. The Morgan fingerprint density at radius 3 is 2.92 bits per heavy atom. The molecule has 0 spiro atoms. The SMILES string of the molecule is COc1c(Cl)cc(F)cc1Nc1c(-c2ccncc2OCC2CN(CC(F)(F)F)CCO2)[nH]c2c1C(=O)NCC2. The molecule has 0 aliphatic carbocycles. The molecule has 2 aliphatic rings. The summed E-state index contributed by atoms with van der Waals surface area (Å²) in [4.78, 5) is 21.6. The Bertz CT molecular complexity index is 1400. The molecule has 1 saturated heterocycles. The molecule has 3 N–H and O–H groups in total. The lowest BCUT2D eigenvalue weighted by molar-refractivity contribution is -0.160. The normalized spacial score (nSPS) is 17.8. The lowest BCUT2D eigenvalue weighted by atomic mass is 10.0. The van der Waals surface area contributed by atoms with Gasteiger partial charge in [-0.2, -0.15) is 13.2 Å². The Kier molecular flexibility index (Phi) is 8.06. The third-order valence-corrected chi connectivity index (χ3v) is 6.82. The summed E-state index contributed by atoms with van der Waals surface area (Å²) in [5.74, 6) is -0.442. The summed E-state index contributed by atoms with van der Waals surface area (Å²) in [5, 5.41) is 5.97. The van der Waals surface area contributed by atoms with Gasteiger partial charge in [0.15, 0.2) is 5.75 Å². The van der Waals surface area contributed by atoms with E-state index in [2.05, 4.69) is 20.6 Å². The number of benzene rings is 1. The lowest BCUT2D eigenvalue weighted by Gasteiger charge is -2.33. The summed E-state index contributed by atoms with van der Waals surface area (Å²) in [6.45, 7) is -0.248. The van der Waals surface area contributed by atoms with Crippen LogP contribution in [0.2, 0.25) is 5.02 Å². The highest BCUT2D eigenvalue weighted by Gasteiger charge is 2.34. The topological polar surface area (TPSA) is 101 Å². The zero-order chi connectivity index (χ0) is 28.4. The van der Waals surface area contributed by atoms with E-state index in [1.165, 1.54) is 30.5 Å². The van der Waals surface area contributed by atoms with E-state index in [0.717, 1.165) is 6.07 Å². The molecule has 1 atom stereocenters. The van der Waals surface area contributed by atoms with E-state index in [1.54, 1.807) is 6.07 Å². The molecule has 1 amide bonds. The third-order valence-electron chi connectivity index (χ3n) is 6.54. The van der Waals surface area contributed by atoms with Gasteiger partial charge in [0.05, 0.1) is 54.1 Å². The van der Waals surface area contributed by atoms with Gasteiger partial charge in [0.1, 0.15) is 24.3 Å². The van der Waals surface area contributed by atoms with E-state index in [-0.39, 0.29) is 48.7 Å². The zero-order valence-electron chi connectivity index (χ0n) is 21.3. The van der Waals surface area contributed by atoms with Gasteiger partial charge in [-0.15, -0.1) is 0 Å². The van der Waals surface area contributed by atoms with Crippen molar-refractivity contribution in [3.63, 3.8) is 0 Å². The molecule has 4 heterocycles. The molecule has 214 valence electrons. The molecule has 2 aliphatic heterocycles. The number of aromatic amines is 1. The second-order valence-electron chi connectivity index (χ2n) is 9.35. The molecule has 0 bridgehead atoms. The smallest absolute Gasteiger partial charge is 0.401 e. The van der Waals surface area contributed by atoms with Crippen molar-refractivity contribution >= 4 is 28.9 Å². The molecular weight excluding hydrogens is 558 g/mol. The van der Waals surface area contributed by atoms with Gasteiger partial charge in [-0.25, -0.2) is 4.39 Å². The van der Waals surface area contributed by atoms with Crippen molar-refractivity contribution in [2.75, 3.05) is 51.8 Å². The summed E-state index contributed by atoms with van der Waals surface area (Å²) in [5.41, 5.74) is 2.52. The summed E-state index contributed by atoms with van der Waals surface area (Å²) in [7, 11) is 1.39. The van der Waals surface area contributed by atoms with Crippen LogP contribution >= 0.6 is 11.6 Å². The van der Waals surface area contributed by atoms with Crippen molar-refractivity contribution in [3.8, 4) is 22.8 Å². The van der Waals surface area contributed by atoms with Crippen LogP contribution in [0, 0.1) is 5.82 Å². The third kappa shape index (κ3) is 6.11. The number of rotatable bonds is 8. The number of ether oxygens (including phenoxy) is 3. The van der Waals surface area contributed by atoms with Crippen LogP contribution < -0.4 is 20.1 Å². The Hall–Kier alpha value is -3.55. The zero-order valence-corrected chi connectivity index (χ0v) is 22.1. The molecule has 0 saturated carbocycles. The minimum Gasteiger partial charge on any atom is -0.493 e. The van der Waals surface area contributed by atoms with Crippen LogP contribution in [-0.2, 0) is 11.2 Å². The van der Waals surface area contributed by atoms with Crippen molar-refractivity contribution in [3.05, 3.63) is 52.7 Å². The van der Waals surface area contributed by atoms with Crippen molar-refractivity contribution in [1.82, 2.24) is 20.2 Å². The van der Waals surface area contributed by atoms with Gasteiger partial charge in [0.25, 0.3) is 5.91 Å². The van der Waals surface area contributed by atoms with Crippen LogP contribution in [-0.4, -0.2) is 79.6 Å². The van der Waals surface area contributed by atoms with Gasteiger partial charge in [-0.05, 0) is 12.1 Å². The molecule has 40 heavy (non-hydrogen) atoms. The molecule has 0 radical (unpaired) electrons. The van der Waals surface area contributed by atoms with Crippen LogP contribution in [0.1, 0.15) is 16.1 Å². The number of aromatic nitrogens is 2. The number of nitrogens with one attached hydrogen (secondary N) is 3. The van der Waals surface area contributed by atoms with E-state index in [4.69, 9.17) is 25.8 Å². The second kappa shape index (κ2) is 11.5. The average molecular weight is 584 g/mol. The lowest BCUT2D eigenvalue weighted by Crippen LogP contribution is -2.48. The number of carbonyl (C=O) groups excluding carboxylic acids is 1. The molecule has 5 rings (SSSR count). The Morgan fingerprint density at radius 1 is 1.32 bits per heavy atom. The monoisotopic (exact) mass is 583 g/mol. The number of alkyl halides is 3. The molecule has 2 aromatic heterocycles. The Labute approximate surface area is 231 Å². The first-order valence-electron chi connectivity index (χ1n) is 12.4.